The molecule has 1 N–H and O–H groups in total. The van der Waals surface area contributed by atoms with Crippen LogP contribution in [-0.4, -0.2) is 34.5 Å². The van der Waals surface area contributed by atoms with Crippen molar-refractivity contribution in [2.24, 2.45) is 0 Å². The van der Waals surface area contributed by atoms with Crippen molar-refractivity contribution in [1.82, 2.24) is 24.1 Å². The van der Waals surface area contributed by atoms with Crippen LogP contribution in [0.25, 0.3) is 4.96 Å². The average molecular weight is 436 g/mol. The van der Waals surface area contributed by atoms with E-state index in [1.807, 2.05) is 29.8 Å². The first-order valence-corrected chi connectivity index (χ1v) is 10.8. The number of aryl methyl sites for hydroxylation is 1. The highest BCUT2D eigenvalue weighted by atomic mass is 32.2. The number of halogens is 2. The molecule has 0 spiro atoms. The van der Waals surface area contributed by atoms with Crippen molar-refractivity contribution in [3.05, 3.63) is 71.0 Å². The van der Waals surface area contributed by atoms with Gasteiger partial charge >= 0.3 is 0 Å². The third-order valence-electron chi connectivity index (χ3n) is 4.97. The van der Waals surface area contributed by atoms with Gasteiger partial charge in [-0.1, -0.05) is 13.0 Å². The molecule has 29 heavy (non-hydrogen) atoms. The Morgan fingerprint density at radius 1 is 1.34 bits per heavy atom. The number of thiazole rings is 1. The summed E-state index contributed by atoms with van der Waals surface area (Å²) in [6.45, 7) is 3.76. The zero-order valence-electron chi connectivity index (χ0n) is 15.8. The fourth-order valence-electron chi connectivity index (χ4n) is 3.29. The summed E-state index contributed by atoms with van der Waals surface area (Å²) in [4.78, 5) is 9.34. The quantitative estimate of drug-likeness (QED) is 0.478. The molecule has 2 atom stereocenters. The zero-order valence-corrected chi connectivity index (χ0v) is 17.4. The summed E-state index contributed by atoms with van der Waals surface area (Å²) in [5, 5.41) is 17.1. The molecule has 0 aliphatic rings. The molecule has 0 saturated carbocycles. The summed E-state index contributed by atoms with van der Waals surface area (Å²) < 4.78 is 31.5. The highest BCUT2D eigenvalue weighted by Crippen LogP contribution is 2.38. The van der Waals surface area contributed by atoms with Crippen molar-refractivity contribution in [1.29, 1.82) is 0 Å². The number of imidazole rings is 1. The lowest BCUT2D eigenvalue weighted by Crippen LogP contribution is -2.41. The molecule has 0 saturated heterocycles. The van der Waals surface area contributed by atoms with Crippen LogP contribution in [0.5, 0.6) is 0 Å². The molecular weight excluding hydrogens is 416 g/mol. The van der Waals surface area contributed by atoms with Gasteiger partial charge in [0.25, 0.3) is 0 Å². The van der Waals surface area contributed by atoms with Crippen molar-refractivity contribution < 1.29 is 13.9 Å². The molecule has 3 aromatic heterocycles. The second-order valence-corrected chi connectivity index (χ2v) is 9.00. The molecule has 6 nitrogen and oxygen atoms in total. The van der Waals surface area contributed by atoms with E-state index >= 15 is 0 Å². The SMILES string of the molecule is Cc1nc2sccn2c1CS[C@H](C)[C@](O)(Cn1cncn1)c1ccc(F)cc1F. The van der Waals surface area contributed by atoms with Crippen LogP contribution >= 0.6 is 23.1 Å². The maximum atomic E-state index is 14.6. The molecule has 10 heteroatoms. The number of aromatic nitrogens is 5. The van der Waals surface area contributed by atoms with E-state index in [2.05, 4.69) is 15.1 Å². The Balaban J connectivity index is 1.64. The number of nitrogens with zero attached hydrogens (tertiary/aromatic N) is 5. The average Bonchev–Trinajstić information content (AvgIpc) is 3.38. The van der Waals surface area contributed by atoms with Crippen LogP contribution in [0.1, 0.15) is 23.9 Å². The summed E-state index contributed by atoms with van der Waals surface area (Å²) >= 11 is 3.03. The van der Waals surface area contributed by atoms with Crippen LogP contribution in [0.4, 0.5) is 8.78 Å². The lowest BCUT2D eigenvalue weighted by atomic mass is 9.90. The van der Waals surface area contributed by atoms with Gasteiger partial charge in [-0.3, -0.25) is 4.40 Å². The lowest BCUT2D eigenvalue weighted by Gasteiger charge is -2.34. The van der Waals surface area contributed by atoms with Gasteiger partial charge in [-0.15, -0.1) is 23.1 Å². The van der Waals surface area contributed by atoms with E-state index < -0.39 is 22.5 Å². The molecule has 3 heterocycles. The molecule has 4 aromatic rings. The molecule has 1 aromatic carbocycles. The van der Waals surface area contributed by atoms with E-state index in [1.54, 1.807) is 11.3 Å². The van der Waals surface area contributed by atoms with Gasteiger partial charge in [0.2, 0.25) is 0 Å². The summed E-state index contributed by atoms with van der Waals surface area (Å²) in [6.07, 6.45) is 4.77. The fourth-order valence-corrected chi connectivity index (χ4v) is 5.30. The van der Waals surface area contributed by atoms with E-state index in [-0.39, 0.29) is 12.1 Å². The lowest BCUT2D eigenvalue weighted by molar-refractivity contribution is 0.0133. The first kappa shape index (κ1) is 20.0. The maximum absolute atomic E-state index is 14.6. The number of fused-ring (bicyclic) bond motifs is 1. The maximum Gasteiger partial charge on any atom is 0.194 e. The highest BCUT2D eigenvalue weighted by molar-refractivity contribution is 7.99. The van der Waals surface area contributed by atoms with Gasteiger partial charge in [0.1, 0.15) is 29.9 Å². The van der Waals surface area contributed by atoms with Crippen molar-refractivity contribution >= 4 is 28.1 Å². The van der Waals surface area contributed by atoms with E-state index in [0.717, 1.165) is 28.5 Å². The van der Waals surface area contributed by atoms with Crippen LogP contribution in [0.2, 0.25) is 0 Å². The minimum atomic E-state index is -1.62. The Bertz CT molecular complexity index is 1130. The Labute approximate surface area is 174 Å². The number of benzene rings is 1. The molecule has 0 aliphatic carbocycles. The monoisotopic (exact) mass is 435 g/mol. The summed E-state index contributed by atoms with van der Waals surface area (Å²) in [6, 6.07) is 3.23. The largest absolute Gasteiger partial charge is 0.382 e. The van der Waals surface area contributed by atoms with Crippen molar-refractivity contribution in [2.45, 2.75) is 37.0 Å². The molecular formula is C19H19F2N5OS2. The minimum Gasteiger partial charge on any atom is -0.382 e. The van der Waals surface area contributed by atoms with Gasteiger partial charge in [-0.05, 0) is 13.0 Å². The summed E-state index contributed by atoms with van der Waals surface area (Å²) in [7, 11) is 0. The first-order valence-electron chi connectivity index (χ1n) is 8.91. The van der Waals surface area contributed by atoms with Crippen LogP contribution in [0, 0.1) is 18.6 Å². The van der Waals surface area contributed by atoms with E-state index in [1.165, 1.54) is 35.2 Å². The molecule has 4 rings (SSSR count). The highest BCUT2D eigenvalue weighted by Gasteiger charge is 2.39. The topological polar surface area (TPSA) is 68.2 Å². The number of thioether (sulfide) groups is 1. The molecule has 0 unspecified atom stereocenters. The smallest absolute Gasteiger partial charge is 0.194 e. The van der Waals surface area contributed by atoms with Crippen LogP contribution < -0.4 is 0 Å². The second kappa shape index (κ2) is 7.85. The second-order valence-electron chi connectivity index (χ2n) is 6.79. The summed E-state index contributed by atoms with van der Waals surface area (Å²) in [5.41, 5.74) is 0.355. The number of hydrogen-bond donors (Lipinski definition) is 1. The summed E-state index contributed by atoms with van der Waals surface area (Å²) in [5.74, 6) is -0.905. The van der Waals surface area contributed by atoms with Crippen molar-refractivity contribution in [3.8, 4) is 0 Å². The molecule has 0 fully saturated rings. The van der Waals surface area contributed by atoms with Gasteiger partial charge in [-0.25, -0.2) is 23.4 Å². The van der Waals surface area contributed by atoms with Gasteiger partial charge < -0.3 is 5.11 Å². The molecule has 152 valence electrons. The van der Waals surface area contributed by atoms with Gasteiger partial charge in [0.15, 0.2) is 4.96 Å². The van der Waals surface area contributed by atoms with Crippen LogP contribution in [-0.2, 0) is 17.9 Å². The van der Waals surface area contributed by atoms with Crippen molar-refractivity contribution in [3.63, 3.8) is 0 Å². The van der Waals surface area contributed by atoms with E-state index in [9.17, 15) is 13.9 Å². The molecule has 0 radical (unpaired) electrons. The first-order chi connectivity index (χ1) is 13.9. The Morgan fingerprint density at radius 2 is 2.17 bits per heavy atom. The van der Waals surface area contributed by atoms with E-state index in [4.69, 9.17) is 0 Å². The molecule has 0 amide bonds. The van der Waals surface area contributed by atoms with E-state index in [0.29, 0.717) is 5.75 Å². The normalized spacial score (nSPS) is 14.9. The molecule has 0 aliphatic heterocycles. The Kier molecular flexibility index (Phi) is 5.41. The van der Waals surface area contributed by atoms with Gasteiger partial charge in [-0.2, -0.15) is 5.10 Å². The number of aliphatic hydroxyl groups is 1. The fraction of sp³-hybridized carbons (Fsp3) is 0.316. The third kappa shape index (κ3) is 3.79. The predicted octanol–water partition coefficient (Wildman–Crippen LogP) is 3.78. The Hall–Kier alpha value is -2.30. The Morgan fingerprint density at radius 3 is 2.90 bits per heavy atom. The number of hydrogen-bond acceptors (Lipinski definition) is 6. The van der Waals surface area contributed by atoms with Gasteiger partial charge in [0, 0.05) is 34.2 Å². The number of rotatable bonds is 7. The zero-order chi connectivity index (χ0) is 20.6. The molecule has 0 bridgehead atoms. The standard InChI is InChI=1S/C19H19F2N5OS2/c1-12-17(26-5-6-28-18(26)24-12)8-29-13(2)19(27,9-25-11-22-10-23-25)15-4-3-14(20)7-16(15)21/h3-7,10-11,13,27H,8-9H2,1-2H3/t13-,19-/m1/s1. The predicted molar refractivity (Wildman–Crippen MR) is 109 cm³/mol. The van der Waals surface area contributed by atoms with Crippen LogP contribution in [0.15, 0.2) is 42.4 Å². The van der Waals surface area contributed by atoms with Crippen molar-refractivity contribution in [2.75, 3.05) is 0 Å². The van der Waals surface area contributed by atoms with Crippen LogP contribution in [0.3, 0.4) is 0 Å². The third-order valence-corrected chi connectivity index (χ3v) is 7.06. The van der Waals surface area contributed by atoms with Gasteiger partial charge in [0.05, 0.1) is 17.9 Å². The minimum absolute atomic E-state index is 0.0109.